The van der Waals surface area contributed by atoms with Crippen LogP contribution in [0.3, 0.4) is 0 Å². The monoisotopic (exact) mass is 310 g/mol. The smallest absolute Gasteiger partial charge is 0.229 e. The largest absolute Gasteiger partial charge is 0.382 e. The van der Waals surface area contributed by atoms with Crippen LogP contribution in [0.5, 0.6) is 0 Å². The molecule has 4 nitrogen and oxygen atoms in total. The normalized spacial score (nSPS) is 26.4. The van der Waals surface area contributed by atoms with Crippen molar-refractivity contribution in [1.82, 2.24) is 0 Å². The molecular weight excluding hydrogens is 284 g/mol. The highest BCUT2D eigenvalue weighted by Gasteiger charge is 2.25. The van der Waals surface area contributed by atoms with Crippen molar-refractivity contribution in [2.24, 2.45) is 11.8 Å². The molecule has 118 valence electrons. The lowest BCUT2D eigenvalue weighted by Gasteiger charge is -2.34. The summed E-state index contributed by atoms with van der Waals surface area (Å²) < 4.78 is 25.2. The van der Waals surface area contributed by atoms with E-state index < -0.39 is 10.0 Å². The van der Waals surface area contributed by atoms with E-state index in [1.165, 1.54) is 25.5 Å². The highest BCUT2D eigenvalue weighted by atomic mass is 32.2. The lowest BCUT2D eigenvalue weighted by Crippen LogP contribution is -2.33. The highest BCUT2D eigenvalue weighted by Crippen LogP contribution is 2.31. The first-order valence-electron chi connectivity index (χ1n) is 7.59. The molecule has 21 heavy (non-hydrogen) atoms. The molecule has 1 saturated carbocycles. The topological polar surface area (TPSA) is 58.2 Å². The zero-order valence-electron chi connectivity index (χ0n) is 13.3. The van der Waals surface area contributed by atoms with Crippen LogP contribution in [0.15, 0.2) is 18.2 Å². The van der Waals surface area contributed by atoms with Crippen LogP contribution in [0, 0.1) is 18.8 Å². The van der Waals surface area contributed by atoms with Crippen LogP contribution >= 0.6 is 0 Å². The summed E-state index contributed by atoms with van der Waals surface area (Å²) in [5.74, 6) is 1.45. The van der Waals surface area contributed by atoms with Gasteiger partial charge in [0.15, 0.2) is 0 Å². The second-order valence-electron chi connectivity index (χ2n) is 6.55. The van der Waals surface area contributed by atoms with Gasteiger partial charge < -0.3 is 5.32 Å². The lowest BCUT2D eigenvalue weighted by molar-refractivity contribution is 0.281. The van der Waals surface area contributed by atoms with Gasteiger partial charge in [0.05, 0.1) is 11.9 Å². The van der Waals surface area contributed by atoms with E-state index in [1.54, 1.807) is 0 Å². The van der Waals surface area contributed by atoms with Gasteiger partial charge in [-0.1, -0.05) is 20.3 Å². The molecular formula is C16H26N2O2S. The molecule has 0 bridgehead atoms. The molecule has 0 aromatic heterocycles. The first kappa shape index (κ1) is 16.1. The van der Waals surface area contributed by atoms with Gasteiger partial charge in [0.25, 0.3) is 0 Å². The summed E-state index contributed by atoms with van der Waals surface area (Å²) in [6, 6.07) is 6.30. The Morgan fingerprint density at radius 3 is 2.52 bits per heavy atom. The van der Waals surface area contributed by atoms with Gasteiger partial charge in [-0.2, -0.15) is 0 Å². The number of hydrogen-bond acceptors (Lipinski definition) is 3. The van der Waals surface area contributed by atoms with Gasteiger partial charge in [-0.3, -0.25) is 4.72 Å². The van der Waals surface area contributed by atoms with Crippen molar-refractivity contribution >= 4 is 21.4 Å². The maximum Gasteiger partial charge on any atom is 0.229 e. The zero-order chi connectivity index (χ0) is 15.6. The summed E-state index contributed by atoms with van der Waals surface area (Å²) in [4.78, 5) is 0. The molecule has 1 aliphatic rings. The molecule has 0 aliphatic heterocycles. The summed E-state index contributed by atoms with van der Waals surface area (Å²) in [6.45, 7) is 6.53. The summed E-state index contributed by atoms with van der Waals surface area (Å²) in [5.41, 5.74) is 2.65. The van der Waals surface area contributed by atoms with E-state index in [4.69, 9.17) is 0 Å². The number of sulfonamides is 1. The number of aryl methyl sites for hydroxylation is 1. The Labute approximate surface area is 128 Å². The van der Waals surface area contributed by atoms with Gasteiger partial charge in [0, 0.05) is 11.7 Å². The van der Waals surface area contributed by atoms with Crippen molar-refractivity contribution < 1.29 is 8.42 Å². The van der Waals surface area contributed by atoms with Crippen molar-refractivity contribution in [3.05, 3.63) is 23.8 Å². The second-order valence-corrected chi connectivity index (χ2v) is 8.30. The summed E-state index contributed by atoms with van der Waals surface area (Å²) in [5, 5.41) is 3.61. The molecule has 0 spiro atoms. The van der Waals surface area contributed by atoms with Crippen molar-refractivity contribution in [3.8, 4) is 0 Å². The minimum absolute atomic E-state index is 0.502. The Kier molecular flexibility index (Phi) is 4.81. The Hall–Kier alpha value is -1.23. The molecule has 1 aromatic carbocycles. The molecule has 3 atom stereocenters. The van der Waals surface area contributed by atoms with Crippen LogP contribution in [0.4, 0.5) is 11.4 Å². The van der Waals surface area contributed by atoms with Gasteiger partial charge in [-0.15, -0.1) is 0 Å². The van der Waals surface area contributed by atoms with Crippen molar-refractivity contribution in [1.29, 1.82) is 0 Å². The van der Waals surface area contributed by atoms with Crippen molar-refractivity contribution in [2.75, 3.05) is 16.3 Å². The van der Waals surface area contributed by atoms with Crippen molar-refractivity contribution in [3.63, 3.8) is 0 Å². The average Bonchev–Trinajstić information content (AvgIpc) is 2.36. The van der Waals surface area contributed by atoms with E-state index in [0.717, 1.165) is 17.2 Å². The van der Waals surface area contributed by atoms with E-state index in [1.807, 2.05) is 25.1 Å². The molecule has 2 N–H and O–H groups in total. The van der Waals surface area contributed by atoms with E-state index in [0.29, 0.717) is 17.6 Å². The summed E-state index contributed by atoms with van der Waals surface area (Å²) in [7, 11) is -3.23. The highest BCUT2D eigenvalue weighted by molar-refractivity contribution is 7.92. The molecule has 5 heteroatoms. The first-order chi connectivity index (χ1) is 9.74. The van der Waals surface area contributed by atoms with E-state index in [2.05, 4.69) is 23.9 Å². The molecule has 1 aromatic rings. The third-order valence-electron chi connectivity index (χ3n) is 4.33. The van der Waals surface area contributed by atoms with E-state index in [9.17, 15) is 8.42 Å². The van der Waals surface area contributed by atoms with Crippen LogP contribution in [-0.2, 0) is 10.0 Å². The minimum atomic E-state index is -3.23. The van der Waals surface area contributed by atoms with Gasteiger partial charge in [-0.05, 0) is 55.4 Å². The maximum absolute atomic E-state index is 11.3. The fourth-order valence-corrected chi connectivity index (χ4v) is 3.64. The fraction of sp³-hybridized carbons (Fsp3) is 0.625. The van der Waals surface area contributed by atoms with Crippen LogP contribution in [-0.4, -0.2) is 20.7 Å². The first-order valence-corrected chi connectivity index (χ1v) is 9.48. The predicted molar refractivity (Wildman–Crippen MR) is 89.2 cm³/mol. The van der Waals surface area contributed by atoms with Crippen molar-refractivity contribution in [2.45, 2.75) is 46.1 Å². The quantitative estimate of drug-likeness (QED) is 0.893. The van der Waals surface area contributed by atoms with E-state index >= 15 is 0 Å². The number of anilines is 2. The fourth-order valence-electron chi connectivity index (χ4n) is 3.02. The van der Waals surface area contributed by atoms with Gasteiger partial charge >= 0.3 is 0 Å². The van der Waals surface area contributed by atoms with E-state index in [-0.39, 0.29) is 0 Å². The molecule has 0 radical (unpaired) electrons. The van der Waals surface area contributed by atoms with Crippen LogP contribution in [0.2, 0.25) is 0 Å². The molecule has 0 amide bonds. The number of benzene rings is 1. The number of hydrogen-bond donors (Lipinski definition) is 2. The van der Waals surface area contributed by atoms with Gasteiger partial charge in [0.1, 0.15) is 0 Å². The Morgan fingerprint density at radius 2 is 1.90 bits per heavy atom. The predicted octanol–water partition coefficient (Wildman–Crippen LogP) is 3.60. The Bertz CT molecular complexity index is 598. The Morgan fingerprint density at radius 1 is 1.19 bits per heavy atom. The maximum atomic E-state index is 11.3. The van der Waals surface area contributed by atoms with Crippen LogP contribution in [0.25, 0.3) is 0 Å². The number of nitrogens with one attached hydrogen (secondary N) is 2. The second kappa shape index (κ2) is 6.26. The van der Waals surface area contributed by atoms with Gasteiger partial charge in [-0.25, -0.2) is 8.42 Å². The molecule has 0 heterocycles. The van der Waals surface area contributed by atoms with Crippen LogP contribution < -0.4 is 10.0 Å². The Balaban J connectivity index is 2.09. The molecule has 2 rings (SSSR count). The standard InChI is InChI=1S/C16H26N2O2S/c1-11-5-6-12(2)16(9-11)17-14-7-8-15(13(3)10-14)18-21(4,19)20/h7-8,10-12,16-18H,5-6,9H2,1-4H3. The zero-order valence-corrected chi connectivity index (χ0v) is 14.1. The number of rotatable bonds is 4. The lowest BCUT2D eigenvalue weighted by atomic mass is 9.80. The van der Waals surface area contributed by atoms with Gasteiger partial charge in [0.2, 0.25) is 10.0 Å². The average molecular weight is 310 g/mol. The SMILES string of the molecule is Cc1cc(NC2CC(C)CCC2C)ccc1NS(C)(=O)=O. The summed E-state index contributed by atoms with van der Waals surface area (Å²) in [6.07, 6.45) is 4.95. The molecule has 3 unspecified atom stereocenters. The van der Waals surface area contributed by atoms with Crippen LogP contribution in [0.1, 0.15) is 38.7 Å². The molecule has 1 fully saturated rings. The summed E-state index contributed by atoms with van der Waals surface area (Å²) >= 11 is 0. The molecule has 0 saturated heterocycles. The third-order valence-corrected chi connectivity index (χ3v) is 4.92. The minimum Gasteiger partial charge on any atom is -0.382 e. The third kappa shape index (κ3) is 4.63. The molecule has 1 aliphatic carbocycles.